The number of nitrogens with zero attached hydrogens (tertiary/aromatic N) is 2. The van der Waals surface area contributed by atoms with Crippen LogP contribution in [-0.2, 0) is 0 Å². The fourth-order valence-corrected chi connectivity index (χ4v) is 1.69. The molecular formula is C14H23N5O2. The van der Waals surface area contributed by atoms with E-state index in [0.717, 1.165) is 31.0 Å². The van der Waals surface area contributed by atoms with E-state index < -0.39 is 4.92 Å². The highest BCUT2D eigenvalue weighted by Gasteiger charge is 2.03. The SMILES string of the molecule is CCCCNC(=NC)NCCNc1ccc([N+](=O)[O-])cc1. The molecule has 1 rings (SSSR count). The van der Waals surface area contributed by atoms with E-state index >= 15 is 0 Å². The normalized spacial score (nSPS) is 11.0. The molecule has 116 valence electrons. The van der Waals surface area contributed by atoms with E-state index in [9.17, 15) is 10.1 Å². The number of benzene rings is 1. The van der Waals surface area contributed by atoms with Gasteiger partial charge >= 0.3 is 0 Å². The van der Waals surface area contributed by atoms with Crippen molar-refractivity contribution in [3.63, 3.8) is 0 Å². The van der Waals surface area contributed by atoms with E-state index in [4.69, 9.17) is 0 Å². The van der Waals surface area contributed by atoms with Gasteiger partial charge in [-0.05, 0) is 18.6 Å². The first-order valence-electron chi connectivity index (χ1n) is 7.10. The molecule has 1 aromatic rings. The van der Waals surface area contributed by atoms with Crippen molar-refractivity contribution in [3.8, 4) is 0 Å². The van der Waals surface area contributed by atoms with Gasteiger partial charge in [0.1, 0.15) is 0 Å². The topological polar surface area (TPSA) is 91.6 Å². The highest BCUT2D eigenvalue weighted by molar-refractivity contribution is 5.79. The smallest absolute Gasteiger partial charge is 0.269 e. The second-order valence-corrected chi connectivity index (χ2v) is 4.51. The Kier molecular flexibility index (Phi) is 7.63. The Balaban J connectivity index is 2.25. The maximum atomic E-state index is 10.5. The van der Waals surface area contributed by atoms with E-state index in [1.54, 1.807) is 19.2 Å². The second-order valence-electron chi connectivity index (χ2n) is 4.51. The summed E-state index contributed by atoms with van der Waals surface area (Å²) in [5.41, 5.74) is 0.954. The molecule has 0 amide bonds. The van der Waals surface area contributed by atoms with Gasteiger partial charge in [-0.15, -0.1) is 0 Å². The number of rotatable bonds is 8. The van der Waals surface area contributed by atoms with Gasteiger partial charge < -0.3 is 16.0 Å². The summed E-state index contributed by atoms with van der Waals surface area (Å²) in [4.78, 5) is 14.3. The van der Waals surface area contributed by atoms with Crippen molar-refractivity contribution in [3.05, 3.63) is 34.4 Å². The van der Waals surface area contributed by atoms with Gasteiger partial charge in [0.15, 0.2) is 5.96 Å². The van der Waals surface area contributed by atoms with E-state index in [1.807, 2.05) is 0 Å². The molecule has 0 aliphatic rings. The van der Waals surface area contributed by atoms with Crippen LogP contribution in [-0.4, -0.2) is 37.6 Å². The molecule has 0 unspecified atom stereocenters. The summed E-state index contributed by atoms with van der Waals surface area (Å²) in [6.45, 7) is 4.47. The molecule has 21 heavy (non-hydrogen) atoms. The van der Waals surface area contributed by atoms with Gasteiger partial charge in [0.05, 0.1) is 4.92 Å². The molecule has 0 heterocycles. The zero-order chi connectivity index (χ0) is 15.5. The number of nitro benzene ring substituents is 1. The molecule has 0 spiro atoms. The standard InChI is InChI=1S/C14H23N5O2/c1-3-4-9-17-14(15-2)18-11-10-16-12-5-7-13(8-6-12)19(20)21/h5-8,16H,3-4,9-11H2,1-2H3,(H2,15,17,18). The molecule has 0 atom stereocenters. The number of non-ortho nitro benzene ring substituents is 1. The van der Waals surface area contributed by atoms with Crippen molar-refractivity contribution in [2.75, 3.05) is 32.0 Å². The van der Waals surface area contributed by atoms with Crippen LogP contribution in [0.4, 0.5) is 11.4 Å². The summed E-state index contributed by atoms with van der Waals surface area (Å²) in [7, 11) is 1.74. The fourth-order valence-electron chi connectivity index (χ4n) is 1.69. The first kappa shape index (κ1) is 16.7. The van der Waals surface area contributed by atoms with Crippen LogP contribution in [0.1, 0.15) is 19.8 Å². The van der Waals surface area contributed by atoms with Crippen molar-refractivity contribution >= 4 is 17.3 Å². The van der Waals surface area contributed by atoms with Crippen molar-refractivity contribution in [1.29, 1.82) is 0 Å². The van der Waals surface area contributed by atoms with Gasteiger partial charge in [0.25, 0.3) is 5.69 Å². The quantitative estimate of drug-likeness (QED) is 0.224. The average molecular weight is 293 g/mol. The zero-order valence-corrected chi connectivity index (χ0v) is 12.6. The number of aliphatic imine (C=N–C) groups is 1. The summed E-state index contributed by atoms with van der Waals surface area (Å²) < 4.78 is 0. The minimum Gasteiger partial charge on any atom is -0.383 e. The van der Waals surface area contributed by atoms with Crippen molar-refractivity contribution in [2.24, 2.45) is 4.99 Å². The average Bonchev–Trinajstić information content (AvgIpc) is 2.50. The zero-order valence-electron chi connectivity index (χ0n) is 12.6. The minimum atomic E-state index is -0.405. The molecule has 0 aliphatic heterocycles. The second kappa shape index (κ2) is 9.57. The Morgan fingerprint density at radius 1 is 1.19 bits per heavy atom. The summed E-state index contributed by atoms with van der Waals surface area (Å²) >= 11 is 0. The first-order chi connectivity index (χ1) is 10.2. The fraction of sp³-hybridized carbons (Fsp3) is 0.500. The lowest BCUT2D eigenvalue weighted by Crippen LogP contribution is -2.39. The number of nitro groups is 1. The summed E-state index contributed by atoms with van der Waals surface area (Å²) in [6.07, 6.45) is 2.26. The Morgan fingerprint density at radius 3 is 2.43 bits per heavy atom. The Bertz CT molecular complexity index is 459. The van der Waals surface area contributed by atoms with Gasteiger partial charge in [0, 0.05) is 44.5 Å². The third kappa shape index (κ3) is 6.60. The number of hydrogen-bond acceptors (Lipinski definition) is 4. The Hall–Kier alpha value is -2.31. The summed E-state index contributed by atoms with van der Waals surface area (Å²) in [5.74, 6) is 0.786. The number of unbranched alkanes of at least 4 members (excludes halogenated alkanes) is 1. The van der Waals surface area contributed by atoms with Gasteiger partial charge in [-0.25, -0.2) is 0 Å². The molecule has 0 aliphatic carbocycles. The van der Waals surface area contributed by atoms with Crippen LogP contribution in [0, 0.1) is 10.1 Å². The minimum absolute atomic E-state index is 0.0965. The van der Waals surface area contributed by atoms with Crippen LogP contribution in [0.25, 0.3) is 0 Å². The monoisotopic (exact) mass is 293 g/mol. The predicted molar refractivity (Wildman–Crippen MR) is 85.9 cm³/mol. The molecule has 0 saturated heterocycles. The molecular weight excluding hydrogens is 270 g/mol. The first-order valence-corrected chi connectivity index (χ1v) is 7.10. The lowest BCUT2D eigenvalue weighted by molar-refractivity contribution is -0.384. The lowest BCUT2D eigenvalue weighted by Gasteiger charge is -2.12. The van der Waals surface area contributed by atoms with Crippen LogP contribution in [0.2, 0.25) is 0 Å². The predicted octanol–water partition coefficient (Wildman–Crippen LogP) is 1.97. The van der Waals surface area contributed by atoms with Crippen LogP contribution in [0.15, 0.2) is 29.3 Å². The van der Waals surface area contributed by atoms with Crippen molar-refractivity contribution < 1.29 is 4.92 Å². The molecule has 1 aromatic carbocycles. The Morgan fingerprint density at radius 2 is 1.86 bits per heavy atom. The van der Waals surface area contributed by atoms with Gasteiger partial charge in [0.2, 0.25) is 0 Å². The maximum absolute atomic E-state index is 10.5. The van der Waals surface area contributed by atoms with Crippen LogP contribution in [0.5, 0.6) is 0 Å². The lowest BCUT2D eigenvalue weighted by atomic mass is 10.3. The third-order valence-corrected chi connectivity index (χ3v) is 2.87. The molecule has 3 N–H and O–H groups in total. The van der Waals surface area contributed by atoms with E-state index in [2.05, 4.69) is 27.9 Å². The third-order valence-electron chi connectivity index (χ3n) is 2.87. The number of guanidine groups is 1. The summed E-state index contributed by atoms with van der Waals surface area (Å²) in [6, 6.07) is 6.38. The van der Waals surface area contributed by atoms with Crippen LogP contribution in [0.3, 0.4) is 0 Å². The van der Waals surface area contributed by atoms with Gasteiger partial charge in [-0.1, -0.05) is 13.3 Å². The molecule has 7 heteroatoms. The largest absolute Gasteiger partial charge is 0.383 e. The van der Waals surface area contributed by atoms with Crippen molar-refractivity contribution in [1.82, 2.24) is 10.6 Å². The highest BCUT2D eigenvalue weighted by atomic mass is 16.6. The van der Waals surface area contributed by atoms with Crippen LogP contribution < -0.4 is 16.0 Å². The van der Waals surface area contributed by atoms with Crippen LogP contribution >= 0.6 is 0 Å². The van der Waals surface area contributed by atoms with E-state index in [-0.39, 0.29) is 5.69 Å². The number of anilines is 1. The number of hydrogen-bond donors (Lipinski definition) is 3. The maximum Gasteiger partial charge on any atom is 0.269 e. The Labute approximate surface area is 125 Å². The molecule has 0 fully saturated rings. The van der Waals surface area contributed by atoms with Crippen molar-refractivity contribution in [2.45, 2.75) is 19.8 Å². The molecule has 0 bridgehead atoms. The molecule has 0 radical (unpaired) electrons. The molecule has 7 nitrogen and oxygen atoms in total. The number of nitrogens with one attached hydrogen (secondary N) is 3. The molecule has 0 saturated carbocycles. The highest BCUT2D eigenvalue weighted by Crippen LogP contribution is 2.14. The van der Waals surface area contributed by atoms with E-state index in [1.165, 1.54) is 12.1 Å². The van der Waals surface area contributed by atoms with E-state index in [0.29, 0.717) is 13.1 Å². The molecule has 0 aromatic heterocycles. The van der Waals surface area contributed by atoms with Gasteiger partial charge in [-0.3, -0.25) is 15.1 Å². The van der Waals surface area contributed by atoms with Gasteiger partial charge in [-0.2, -0.15) is 0 Å². The summed E-state index contributed by atoms with van der Waals surface area (Å²) in [5, 5.41) is 20.2.